The molecule has 0 saturated heterocycles. The van der Waals surface area contributed by atoms with Crippen LogP contribution in [0, 0.1) is 6.92 Å². The van der Waals surface area contributed by atoms with Crippen molar-refractivity contribution in [1.82, 2.24) is 9.88 Å². The minimum Gasteiger partial charge on any atom is -0.493 e. The van der Waals surface area contributed by atoms with Gasteiger partial charge in [0.25, 0.3) is 0 Å². The van der Waals surface area contributed by atoms with E-state index in [1.54, 1.807) is 19.1 Å². The number of hydrogen-bond acceptors (Lipinski definition) is 4. The molecule has 2 N–H and O–H groups in total. The number of hydrogen-bond donors (Lipinski definition) is 2. The van der Waals surface area contributed by atoms with Crippen molar-refractivity contribution in [3.05, 3.63) is 17.8 Å². The van der Waals surface area contributed by atoms with Gasteiger partial charge in [-0.2, -0.15) is 0 Å². The first-order valence-corrected chi connectivity index (χ1v) is 5.69. The second-order valence-corrected chi connectivity index (χ2v) is 4.00. The molecule has 1 heterocycles. The van der Waals surface area contributed by atoms with Crippen LogP contribution in [0.25, 0.3) is 0 Å². The molecule has 2 amide bonds. The maximum Gasteiger partial charge on any atom is 0.322 e. The number of pyridine rings is 1. The van der Waals surface area contributed by atoms with E-state index in [0.29, 0.717) is 11.6 Å². The Morgan fingerprint density at radius 3 is 2.74 bits per heavy atom. The lowest BCUT2D eigenvalue weighted by Crippen LogP contribution is -2.33. The van der Waals surface area contributed by atoms with Gasteiger partial charge < -0.3 is 14.7 Å². The number of methoxy groups -OCH3 is 1. The highest BCUT2D eigenvalue weighted by molar-refractivity contribution is 5.89. The Labute approximate surface area is 111 Å². The van der Waals surface area contributed by atoms with Gasteiger partial charge in [-0.1, -0.05) is 0 Å². The minimum absolute atomic E-state index is 0.109. The van der Waals surface area contributed by atoms with E-state index in [9.17, 15) is 9.59 Å². The Balaban J connectivity index is 2.70. The molecule has 0 radical (unpaired) electrons. The molecule has 1 aromatic rings. The zero-order valence-electron chi connectivity index (χ0n) is 11.1. The first-order valence-electron chi connectivity index (χ1n) is 5.69. The molecule has 0 spiro atoms. The van der Waals surface area contributed by atoms with Gasteiger partial charge in [-0.3, -0.25) is 10.1 Å². The number of amides is 2. The number of aromatic nitrogens is 1. The number of nitrogens with zero attached hydrogens (tertiary/aromatic N) is 2. The zero-order chi connectivity index (χ0) is 14.4. The average molecular weight is 267 g/mol. The molecule has 19 heavy (non-hydrogen) atoms. The van der Waals surface area contributed by atoms with Crippen molar-refractivity contribution in [2.75, 3.05) is 26.0 Å². The summed E-state index contributed by atoms with van der Waals surface area (Å²) in [7, 11) is 3.00. The van der Waals surface area contributed by atoms with E-state index in [1.807, 2.05) is 0 Å². The van der Waals surface area contributed by atoms with Crippen LogP contribution in [0.5, 0.6) is 5.75 Å². The van der Waals surface area contributed by atoms with Crippen LogP contribution in [-0.4, -0.2) is 47.7 Å². The van der Waals surface area contributed by atoms with Gasteiger partial charge in [-0.25, -0.2) is 9.78 Å². The van der Waals surface area contributed by atoms with E-state index in [2.05, 4.69) is 10.3 Å². The van der Waals surface area contributed by atoms with Gasteiger partial charge in [0, 0.05) is 19.3 Å². The number of rotatable bonds is 5. The van der Waals surface area contributed by atoms with E-state index in [0.717, 1.165) is 5.69 Å². The Bertz CT molecular complexity index is 476. The van der Waals surface area contributed by atoms with Crippen molar-refractivity contribution >= 4 is 17.8 Å². The molecule has 0 aliphatic rings. The SMILES string of the molecule is COc1ccc(C)nc1NC(=O)N(C)CCC(=O)O. The number of urea groups is 1. The first kappa shape index (κ1) is 14.7. The monoisotopic (exact) mass is 267 g/mol. The normalized spacial score (nSPS) is 9.84. The number of aliphatic carboxylic acids is 1. The molecule has 0 fully saturated rings. The third-order valence-electron chi connectivity index (χ3n) is 2.45. The van der Waals surface area contributed by atoms with Crippen molar-refractivity contribution in [3.8, 4) is 5.75 Å². The summed E-state index contributed by atoms with van der Waals surface area (Å²) in [4.78, 5) is 27.7. The third kappa shape index (κ3) is 4.46. The van der Waals surface area contributed by atoms with Crippen molar-refractivity contribution in [2.24, 2.45) is 0 Å². The summed E-state index contributed by atoms with van der Waals surface area (Å²) in [6, 6.07) is 3.04. The summed E-state index contributed by atoms with van der Waals surface area (Å²) in [5, 5.41) is 11.1. The molecule has 104 valence electrons. The standard InChI is InChI=1S/C12H17N3O4/c1-8-4-5-9(19-3)11(13-8)14-12(18)15(2)7-6-10(16)17/h4-5H,6-7H2,1-3H3,(H,16,17)(H,13,14,18). The third-order valence-corrected chi connectivity index (χ3v) is 2.45. The Morgan fingerprint density at radius 1 is 1.47 bits per heavy atom. The number of ether oxygens (including phenoxy) is 1. The van der Waals surface area contributed by atoms with E-state index in [4.69, 9.17) is 9.84 Å². The maximum atomic E-state index is 11.8. The van der Waals surface area contributed by atoms with Crippen LogP contribution in [0.15, 0.2) is 12.1 Å². The van der Waals surface area contributed by atoms with Crippen molar-refractivity contribution in [1.29, 1.82) is 0 Å². The van der Waals surface area contributed by atoms with E-state index in [1.165, 1.54) is 19.1 Å². The molecule has 7 heteroatoms. The van der Waals surface area contributed by atoms with Crippen LogP contribution < -0.4 is 10.1 Å². The smallest absolute Gasteiger partial charge is 0.322 e. The molecular weight excluding hydrogens is 250 g/mol. The second-order valence-electron chi connectivity index (χ2n) is 4.00. The first-order chi connectivity index (χ1) is 8.93. The van der Waals surface area contributed by atoms with Gasteiger partial charge in [0.05, 0.1) is 13.5 Å². The molecule has 0 bridgehead atoms. The molecule has 0 atom stereocenters. The number of anilines is 1. The highest BCUT2D eigenvalue weighted by atomic mass is 16.5. The van der Waals surface area contributed by atoms with Gasteiger partial charge in [0.15, 0.2) is 11.6 Å². The second kappa shape index (κ2) is 6.58. The molecule has 0 aliphatic carbocycles. The summed E-state index contributed by atoms with van der Waals surface area (Å²) < 4.78 is 5.09. The molecule has 1 aromatic heterocycles. The predicted molar refractivity (Wildman–Crippen MR) is 69.4 cm³/mol. The van der Waals surface area contributed by atoms with Crippen LogP contribution in [-0.2, 0) is 4.79 Å². The quantitative estimate of drug-likeness (QED) is 0.839. The fourth-order valence-electron chi connectivity index (χ4n) is 1.36. The molecular formula is C12H17N3O4. The lowest BCUT2D eigenvalue weighted by Gasteiger charge is -2.17. The lowest BCUT2D eigenvalue weighted by molar-refractivity contribution is -0.137. The summed E-state index contributed by atoms with van der Waals surface area (Å²) in [6.07, 6.45) is -0.109. The number of nitrogens with one attached hydrogen (secondary N) is 1. The molecule has 7 nitrogen and oxygen atoms in total. The summed E-state index contributed by atoms with van der Waals surface area (Å²) >= 11 is 0. The highest BCUT2D eigenvalue weighted by Gasteiger charge is 2.13. The van der Waals surface area contributed by atoms with Crippen molar-refractivity contribution < 1.29 is 19.4 Å². The number of carboxylic acids is 1. The predicted octanol–water partition coefficient (Wildman–Crippen LogP) is 1.34. The highest BCUT2D eigenvalue weighted by Crippen LogP contribution is 2.21. The van der Waals surface area contributed by atoms with Gasteiger partial charge in [0.2, 0.25) is 0 Å². The van der Waals surface area contributed by atoms with Crippen LogP contribution in [0.2, 0.25) is 0 Å². The summed E-state index contributed by atoms with van der Waals surface area (Å²) in [6.45, 7) is 1.92. The van der Waals surface area contributed by atoms with Gasteiger partial charge in [-0.15, -0.1) is 0 Å². The lowest BCUT2D eigenvalue weighted by atomic mass is 10.3. The van der Waals surface area contributed by atoms with E-state index >= 15 is 0 Å². The number of aryl methyl sites for hydroxylation is 1. The Kier molecular flexibility index (Phi) is 5.11. The van der Waals surface area contributed by atoms with Crippen LogP contribution in [0.4, 0.5) is 10.6 Å². The van der Waals surface area contributed by atoms with Crippen LogP contribution in [0.1, 0.15) is 12.1 Å². The Hall–Kier alpha value is -2.31. The Morgan fingerprint density at radius 2 is 2.16 bits per heavy atom. The molecule has 0 aromatic carbocycles. The maximum absolute atomic E-state index is 11.8. The van der Waals surface area contributed by atoms with Crippen LogP contribution in [0.3, 0.4) is 0 Å². The van der Waals surface area contributed by atoms with Gasteiger partial charge in [0.1, 0.15) is 0 Å². The topological polar surface area (TPSA) is 91.8 Å². The zero-order valence-corrected chi connectivity index (χ0v) is 11.1. The number of carbonyl (C=O) groups excluding carboxylic acids is 1. The average Bonchev–Trinajstić information content (AvgIpc) is 2.36. The number of carbonyl (C=O) groups is 2. The largest absolute Gasteiger partial charge is 0.493 e. The van der Waals surface area contributed by atoms with E-state index < -0.39 is 12.0 Å². The fourth-order valence-corrected chi connectivity index (χ4v) is 1.36. The van der Waals surface area contributed by atoms with E-state index in [-0.39, 0.29) is 13.0 Å². The van der Waals surface area contributed by atoms with Gasteiger partial charge in [-0.05, 0) is 19.1 Å². The number of carboxylic acid groups (broad SMARTS) is 1. The molecule has 0 saturated carbocycles. The summed E-state index contributed by atoms with van der Waals surface area (Å²) in [5.41, 5.74) is 0.740. The van der Waals surface area contributed by atoms with Gasteiger partial charge >= 0.3 is 12.0 Å². The van der Waals surface area contributed by atoms with Crippen molar-refractivity contribution in [3.63, 3.8) is 0 Å². The van der Waals surface area contributed by atoms with Crippen LogP contribution >= 0.6 is 0 Å². The minimum atomic E-state index is -0.953. The van der Waals surface area contributed by atoms with Crippen molar-refractivity contribution in [2.45, 2.75) is 13.3 Å². The molecule has 0 aliphatic heterocycles. The summed E-state index contributed by atoms with van der Waals surface area (Å²) in [5.74, 6) is -0.189. The molecule has 0 unspecified atom stereocenters. The fraction of sp³-hybridized carbons (Fsp3) is 0.417. The molecule has 1 rings (SSSR count).